The SMILES string of the molecule is CCOc1ccccc1NC(=O)CSc1nnc(-c2ccccc2C)o1. The average Bonchev–Trinajstić information content (AvgIpc) is 3.11. The summed E-state index contributed by atoms with van der Waals surface area (Å²) in [5.74, 6) is 1.09. The molecule has 6 nitrogen and oxygen atoms in total. The molecule has 0 fully saturated rings. The van der Waals surface area contributed by atoms with Crippen molar-refractivity contribution in [3.05, 3.63) is 54.1 Å². The van der Waals surface area contributed by atoms with Crippen molar-refractivity contribution < 1.29 is 13.9 Å². The predicted molar refractivity (Wildman–Crippen MR) is 101 cm³/mol. The molecule has 26 heavy (non-hydrogen) atoms. The second-order valence-corrected chi connectivity index (χ2v) is 6.38. The summed E-state index contributed by atoms with van der Waals surface area (Å²) in [5, 5.41) is 11.3. The van der Waals surface area contributed by atoms with Gasteiger partial charge in [-0.1, -0.05) is 42.1 Å². The first kappa shape index (κ1) is 18.0. The zero-order chi connectivity index (χ0) is 18.4. The lowest BCUT2D eigenvalue weighted by Crippen LogP contribution is -2.14. The number of thioether (sulfide) groups is 1. The summed E-state index contributed by atoms with van der Waals surface area (Å²) in [6.45, 7) is 4.41. The number of carbonyl (C=O) groups is 1. The zero-order valence-corrected chi connectivity index (χ0v) is 15.4. The zero-order valence-electron chi connectivity index (χ0n) is 14.6. The van der Waals surface area contributed by atoms with Gasteiger partial charge in [-0.25, -0.2) is 0 Å². The molecule has 7 heteroatoms. The monoisotopic (exact) mass is 369 g/mol. The van der Waals surface area contributed by atoms with Gasteiger partial charge in [-0.05, 0) is 37.6 Å². The van der Waals surface area contributed by atoms with Crippen LogP contribution in [0.2, 0.25) is 0 Å². The number of benzene rings is 2. The number of anilines is 1. The Kier molecular flexibility index (Phi) is 5.91. The standard InChI is InChI=1S/C19H19N3O3S/c1-3-24-16-11-7-6-10-15(16)20-17(23)12-26-19-22-21-18(25-19)14-9-5-4-8-13(14)2/h4-11H,3,12H2,1-2H3,(H,20,23). The summed E-state index contributed by atoms with van der Waals surface area (Å²) in [7, 11) is 0. The largest absolute Gasteiger partial charge is 0.492 e. The number of nitrogens with one attached hydrogen (secondary N) is 1. The molecule has 0 unspecified atom stereocenters. The first-order valence-corrected chi connectivity index (χ1v) is 9.20. The van der Waals surface area contributed by atoms with Crippen molar-refractivity contribution in [2.45, 2.75) is 19.1 Å². The summed E-state index contributed by atoms with van der Waals surface area (Å²) in [5.41, 5.74) is 2.59. The van der Waals surface area contributed by atoms with Crippen LogP contribution in [-0.4, -0.2) is 28.5 Å². The Morgan fingerprint density at radius 3 is 2.73 bits per heavy atom. The summed E-state index contributed by atoms with van der Waals surface area (Å²) < 4.78 is 11.2. The van der Waals surface area contributed by atoms with Crippen LogP contribution >= 0.6 is 11.8 Å². The van der Waals surface area contributed by atoms with E-state index in [0.717, 1.165) is 11.1 Å². The third kappa shape index (κ3) is 4.43. The van der Waals surface area contributed by atoms with E-state index in [1.54, 1.807) is 6.07 Å². The highest BCUT2D eigenvalue weighted by Crippen LogP contribution is 2.27. The van der Waals surface area contributed by atoms with Crippen LogP contribution in [0.15, 0.2) is 58.2 Å². The van der Waals surface area contributed by atoms with Crippen molar-refractivity contribution in [2.24, 2.45) is 0 Å². The fourth-order valence-corrected chi connectivity index (χ4v) is 2.92. The molecule has 0 bridgehead atoms. The fraction of sp³-hybridized carbons (Fsp3) is 0.211. The summed E-state index contributed by atoms with van der Waals surface area (Å²) in [6, 6.07) is 15.1. The van der Waals surface area contributed by atoms with Gasteiger partial charge in [0.15, 0.2) is 0 Å². The van der Waals surface area contributed by atoms with Crippen molar-refractivity contribution in [1.29, 1.82) is 0 Å². The van der Waals surface area contributed by atoms with Crippen LogP contribution in [0.25, 0.3) is 11.5 Å². The van der Waals surface area contributed by atoms with Gasteiger partial charge in [-0.3, -0.25) is 4.79 Å². The molecule has 0 aliphatic rings. The van der Waals surface area contributed by atoms with Crippen molar-refractivity contribution >= 4 is 23.4 Å². The Labute approximate surface area is 156 Å². The molecule has 0 saturated carbocycles. The molecule has 1 heterocycles. The van der Waals surface area contributed by atoms with Crippen LogP contribution in [0.4, 0.5) is 5.69 Å². The molecule has 0 radical (unpaired) electrons. The molecule has 3 rings (SSSR count). The van der Waals surface area contributed by atoms with E-state index in [4.69, 9.17) is 9.15 Å². The Balaban J connectivity index is 1.60. The highest BCUT2D eigenvalue weighted by Gasteiger charge is 2.13. The van der Waals surface area contributed by atoms with Gasteiger partial charge in [-0.2, -0.15) is 0 Å². The molecule has 0 aliphatic heterocycles. The van der Waals surface area contributed by atoms with Crippen LogP contribution in [-0.2, 0) is 4.79 Å². The van der Waals surface area contributed by atoms with Crippen molar-refractivity contribution in [3.8, 4) is 17.2 Å². The summed E-state index contributed by atoms with van der Waals surface area (Å²) >= 11 is 1.20. The molecule has 2 aromatic carbocycles. The number of ether oxygens (including phenoxy) is 1. The Morgan fingerprint density at radius 2 is 1.92 bits per heavy atom. The predicted octanol–water partition coefficient (Wildman–Crippen LogP) is 4.17. The minimum Gasteiger partial charge on any atom is -0.492 e. The van der Waals surface area contributed by atoms with Crippen LogP contribution < -0.4 is 10.1 Å². The van der Waals surface area contributed by atoms with Gasteiger partial charge in [0, 0.05) is 5.56 Å². The van der Waals surface area contributed by atoms with Crippen molar-refractivity contribution in [2.75, 3.05) is 17.7 Å². The minimum atomic E-state index is -0.169. The van der Waals surface area contributed by atoms with E-state index in [1.165, 1.54) is 11.8 Å². The Morgan fingerprint density at radius 1 is 1.15 bits per heavy atom. The molecule has 3 aromatic rings. The van der Waals surface area contributed by atoms with Crippen LogP contribution in [0, 0.1) is 6.92 Å². The molecule has 0 aliphatic carbocycles. The lowest BCUT2D eigenvalue weighted by atomic mass is 10.1. The molecule has 0 spiro atoms. The number of carbonyl (C=O) groups excluding carboxylic acids is 1. The maximum Gasteiger partial charge on any atom is 0.277 e. The number of aromatic nitrogens is 2. The van der Waals surface area contributed by atoms with E-state index >= 15 is 0 Å². The molecular formula is C19H19N3O3S. The summed E-state index contributed by atoms with van der Waals surface area (Å²) in [6.07, 6.45) is 0. The van der Waals surface area contributed by atoms with E-state index in [2.05, 4.69) is 15.5 Å². The van der Waals surface area contributed by atoms with E-state index in [9.17, 15) is 4.79 Å². The van der Waals surface area contributed by atoms with Crippen molar-refractivity contribution in [3.63, 3.8) is 0 Å². The van der Waals surface area contributed by atoms with Gasteiger partial charge in [0.05, 0.1) is 18.0 Å². The van der Waals surface area contributed by atoms with Gasteiger partial charge in [0.1, 0.15) is 5.75 Å². The van der Waals surface area contributed by atoms with Gasteiger partial charge in [0.2, 0.25) is 11.8 Å². The first-order valence-electron chi connectivity index (χ1n) is 8.21. The van der Waals surface area contributed by atoms with Crippen molar-refractivity contribution in [1.82, 2.24) is 10.2 Å². The third-order valence-corrected chi connectivity index (χ3v) is 4.39. The molecular weight excluding hydrogens is 350 g/mol. The number of hydrogen-bond acceptors (Lipinski definition) is 6. The van der Waals surface area contributed by atoms with Crippen LogP contribution in [0.1, 0.15) is 12.5 Å². The number of rotatable bonds is 7. The molecule has 1 N–H and O–H groups in total. The second kappa shape index (κ2) is 8.53. The van der Waals surface area contributed by atoms with Gasteiger partial charge in [0.25, 0.3) is 5.22 Å². The molecule has 1 aromatic heterocycles. The molecule has 1 amide bonds. The van der Waals surface area contributed by atoms with E-state index in [-0.39, 0.29) is 11.7 Å². The molecule has 0 saturated heterocycles. The maximum absolute atomic E-state index is 12.2. The number of aryl methyl sites for hydroxylation is 1. The smallest absolute Gasteiger partial charge is 0.277 e. The Bertz CT molecular complexity index is 895. The Hall–Kier alpha value is -2.80. The van der Waals surface area contributed by atoms with Crippen LogP contribution in [0.3, 0.4) is 0 Å². The fourth-order valence-electron chi connectivity index (χ4n) is 2.35. The number of nitrogens with zero attached hydrogens (tertiary/aromatic N) is 2. The number of hydrogen-bond donors (Lipinski definition) is 1. The molecule has 0 atom stereocenters. The lowest BCUT2D eigenvalue weighted by Gasteiger charge is -2.10. The highest BCUT2D eigenvalue weighted by atomic mass is 32.2. The summed E-state index contributed by atoms with van der Waals surface area (Å²) in [4.78, 5) is 12.2. The molecule has 134 valence electrons. The lowest BCUT2D eigenvalue weighted by molar-refractivity contribution is -0.113. The second-order valence-electron chi connectivity index (χ2n) is 5.45. The van der Waals surface area contributed by atoms with Gasteiger partial charge >= 0.3 is 0 Å². The van der Waals surface area contributed by atoms with E-state index in [0.29, 0.717) is 29.2 Å². The highest BCUT2D eigenvalue weighted by molar-refractivity contribution is 7.99. The first-order chi connectivity index (χ1) is 12.7. The minimum absolute atomic E-state index is 0.163. The number of para-hydroxylation sites is 2. The van der Waals surface area contributed by atoms with Crippen LogP contribution in [0.5, 0.6) is 5.75 Å². The normalized spacial score (nSPS) is 10.5. The quantitative estimate of drug-likeness (QED) is 0.630. The van der Waals surface area contributed by atoms with Gasteiger partial charge in [-0.15, -0.1) is 10.2 Å². The average molecular weight is 369 g/mol. The maximum atomic E-state index is 12.2. The third-order valence-electron chi connectivity index (χ3n) is 3.57. The van der Waals surface area contributed by atoms with E-state index in [1.807, 2.05) is 56.3 Å². The topological polar surface area (TPSA) is 77.2 Å². The van der Waals surface area contributed by atoms with Gasteiger partial charge < -0.3 is 14.5 Å². The van der Waals surface area contributed by atoms with E-state index < -0.39 is 0 Å². The number of amides is 1.